The molecule has 1 aromatic rings. The molecule has 0 heterocycles. The van der Waals surface area contributed by atoms with Gasteiger partial charge in [-0.05, 0) is 19.0 Å². The number of rotatable bonds is 6. The quantitative estimate of drug-likeness (QED) is 0.789. The molecule has 0 atom stereocenters. The second-order valence-corrected chi connectivity index (χ2v) is 6.31. The van der Waals surface area contributed by atoms with Crippen LogP contribution in [0.5, 0.6) is 0 Å². The van der Waals surface area contributed by atoms with Gasteiger partial charge in [-0.15, -0.1) is 0 Å². The monoisotopic (exact) mass is 270 g/mol. The van der Waals surface area contributed by atoms with Crippen LogP contribution >= 0.6 is 0 Å². The average molecular weight is 270 g/mol. The molecule has 0 fully saturated rings. The highest BCUT2D eigenvalue weighted by molar-refractivity contribution is 7.90. The standard InChI is InChI=1S/C12H15FN2O2S/c1-18(16,17)7-3-6-15-9-11-5-2-4-10(8-14)12(11)13/h2,4-5,15H,3,6-7,9H2,1H3. The molecule has 1 rings (SSSR count). The van der Waals surface area contributed by atoms with Gasteiger partial charge in [-0.25, -0.2) is 12.8 Å². The number of halogens is 1. The summed E-state index contributed by atoms with van der Waals surface area (Å²) in [5.41, 5.74) is 0.429. The first kappa shape index (κ1) is 14.6. The van der Waals surface area contributed by atoms with Crippen LogP contribution in [0, 0.1) is 17.1 Å². The van der Waals surface area contributed by atoms with Crippen LogP contribution in [0.1, 0.15) is 17.5 Å². The minimum absolute atomic E-state index is 0.0189. The van der Waals surface area contributed by atoms with E-state index in [0.29, 0.717) is 18.5 Å². The van der Waals surface area contributed by atoms with Crippen molar-refractivity contribution in [3.8, 4) is 6.07 Å². The van der Waals surface area contributed by atoms with E-state index in [1.165, 1.54) is 12.3 Å². The minimum atomic E-state index is -2.95. The summed E-state index contributed by atoms with van der Waals surface area (Å²) >= 11 is 0. The van der Waals surface area contributed by atoms with Crippen molar-refractivity contribution in [2.75, 3.05) is 18.6 Å². The first-order valence-electron chi connectivity index (χ1n) is 5.50. The van der Waals surface area contributed by atoms with Crippen molar-refractivity contribution in [3.05, 3.63) is 35.1 Å². The third kappa shape index (κ3) is 4.82. The number of hydrogen-bond acceptors (Lipinski definition) is 4. The Kier molecular flexibility index (Phi) is 5.25. The number of sulfone groups is 1. The number of nitrogens with zero attached hydrogens (tertiary/aromatic N) is 1. The number of nitriles is 1. The van der Waals surface area contributed by atoms with Crippen LogP contribution in [0.25, 0.3) is 0 Å². The van der Waals surface area contributed by atoms with Gasteiger partial charge in [0.05, 0.1) is 11.3 Å². The Morgan fingerprint density at radius 1 is 1.44 bits per heavy atom. The van der Waals surface area contributed by atoms with E-state index in [1.54, 1.807) is 18.2 Å². The summed E-state index contributed by atoms with van der Waals surface area (Å²) in [7, 11) is -2.95. The van der Waals surface area contributed by atoms with Gasteiger partial charge in [0.25, 0.3) is 0 Å². The van der Waals surface area contributed by atoms with Crippen molar-refractivity contribution in [1.29, 1.82) is 5.26 Å². The Morgan fingerprint density at radius 2 is 2.17 bits per heavy atom. The van der Waals surface area contributed by atoms with Crippen LogP contribution in [0.3, 0.4) is 0 Å². The zero-order chi connectivity index (χ0) is 13.6. The summed E-state index contributed by atoms with van der Waals surface area (Å²) in [6, 6.07) is 6.41. The summed E-state index contributed by atoms with van der Waals surface area (Å²) in [6.45, 7) is 0.772. The fourth-order valence-corrected chi connectivity index (χ4v) is 2.15. The van der Waals surface area contributed by atoms with Crippen molar-refractivity contribution >= 4 is 9.84 Å². The molecule has 18 heavy (non-hydrogen) atoms. The van der Waals surface area contributed by atoms with Gasteiger partial charge in [0, 0.05) is 18.4 Å². The van der Waals surface area contributed by atoms with Gasteiger partial charge in [0.1, 0.15) is 21.7 Å². The second kappa shape index (κ2) is 6.47. The molecule has 1 N–H and O–H groups in total. The summed E-state index contributed by atoms with van der Waals surface area (Å²) in [4.78, 5) is 0. The van der Waals surface area contributed by atoms with E-state index in [-0.39, 0.29) is 17.9 Å². The van der Waals surface area contributed by atoms with Crippen LogP contribution < -0.4 is 5.32 Å². The third-order valence-corrected chi connectivity index (χ3v) is 3.41. The predicted octanol–water partition coefficient (Wildman–Crippen LogP) is 1.22. The molecule has 0 saturated carbocycles. The van der Waals surface area contributed by atoms with Crippen LogP contribution in [-0.4, -0.2) is 27.0 Å². The molecule has 1 aromatic carbocycles. The first-order valence-corrected chi connectivity index (χ1v) is 7.56. The number of hydrogen-bond donors (Lipinski definition) is 1. The van der Waals surface area contributed by atoms with Crippen molar-refractivity contribution < 1.29 is 12.8 Å². The van der Waals surface area contributed by atoms with Crippen molar-refractivity contribution in [2.45, 2.75) is 13.0 Å². The lowest BCUT2D eigenvalue weighted by molar-refractivity contribution is 0.577. The maximum absolute atomic E-state index is 13.6. The van der Waals surface area contributed by atoms with E-state index < -0.39 is 15.7 Å². The smallest absolute Gasteiger partial charge is 0.147 e. The minimum Gasteiger partial charge on any atom is -0.313 e. The summed E-state index contributed by atoms with van der Waals surface area (Å²) in [5.74, 6) is -0.406. The Hall–Kier alpha value is -1.45. The molecule has 0 aliphatic carbocycles. The fourth-order valence-electron chi connectivity index (χ4n) is 1.49. The predicted molar refractivity (Wildman–Crippen MR) is 67.1 cm³/mol. The van der Waals surface area contributed by atoms with Gasteiger partial charge in [-0.3, -0.25) is 0 Å². The van der Waals surface area contributed by atoms with Crippen molar-refractivity contribution in [2.24, 2.45) is 0 Å². The summed E-state index contributed by atoms with van der Waals surface area (Å²) in [6.07, 6.45) is 1.67. The lowest BCUT2D eigenvalue weighted by Crippen LogP contribution is -2.18. The average Bonchev–Trinajstić information content (AvgIpc) is 2.29. The summed E-state index contributed by atoms with van der Waals surface area (Å²) in [5, 5.41) is 11.6. The highest BCUT2D eigenvalue weighted by Gasteiger charge is 2.07. The largest absolute Gasteiger partial charge is 0.313 e. The third-order valence-electron chi connectivity index (χ3n) is 2.38. The lowest BCUT2D eigenvalue weighted by atomic mass is 10.1. The van der Waals surface area contributed by atoms with E-state index in [2.05, 4.69) is 5.32 Å². The molecule has 0 saturated heterocycles. The Bertz CT molecular complexity index is 550. The molecule has 0 aliphatic rings. The molecule has 0 amide bonds. The molecular formula is C12H15FN2O2S. The molecule has 98 valence electrons. The highest BCUT2D eigenvalue weighted by atomic mass is 32.2. The van der Waals surface area contributed by atoms with Gasteiger partial charge < -0.3 is 5.32 Å². The molecule has 0 radical (unpaired) electrons. The van der Waals surface area contributed by atoms with E-state index in [0.717, 1.165) is 0 Å². The molecule has 6 heteroatoms. The lowest BCUT2D eigenvalue weighted by Gasteiger charge is -2.06. The summed E-state index contributed by atoms with van der Waals surface area (Å²) < 4.78 is 35.4. The topological polar surface area (TPSA) is 70.0 Å². The number of nitrogens with one attached hydrogen (secondary N) is 1. The Morgan fingerprint density at radius 3 is 2.78 bits per heavy atom. The maximum atomic E-state index is 13.6. The zero-order valence-corrected chi connectivity index (χ0v) is 10.9. The van der Waals surface area contributed by atoms with Crippen LogP contribution in [0.15, 0.2) is 18.2 Å². The Balaban J connectivity index is 2.43. The highest BCUT2D eigenvalue weighted by Crippen LogP contribution is 2.11. The van der Waals surface area contributed by atoms with Gasteiger partial charge in [0.2, 0.25) is 0 Å². The van der Waals surface area contributed by atoms with Crippen LogP contribution in [0.4, 0.5) is 4.39 Å². The normalized spacial score (nSPS) is 11.2. The maximum Gasteiger partial charge on any atom is 0.147 e. The van der Waals surface area contributed by atoms with E-state index >= 15 is 0 Å². The fraction of sp³-hybridized carbons (Fsp3) is 0.417. The SMILES string of the molecule is CS(=O)(=O)CCCNCc1cccc(C#N)c1F. The molecule has 4 nitrogen and oxygen atoms in total. The van der Waals surface area contributed by atoms with E-state index in [4.69, 9.17) is 5.26 Å². The molecule has 0 aliphatic heterocycles. The zero-order valence-electron chi connectivity index (χ0n) is 10.1. The van der Waals surface area contributed by atoms with Gasteiger partial charge in [-0.2, -0.15) is 5.26 Å². The van der Waals surface area contributed by atoms with Crippen molar-refractivity contribution in [1.82, 2.24) is 5.32 Å². The van der Waals surface area contributed by atoms with Crippen molar-refractivity contribution in [3.63, 3.8) is 0 Å². The first-order chi connectivity index (χ1) is 8.44. The van der Waals surface area contributed by atoms with Crippen LogP contribution in [0.2, 0.25) is 0 Å². The molecule has 0 spiro atoms. The molecular weight excluding hydrogens is 255 g/mol. The van der Waals surface area contributed by atoms with E-state index in [9.17, 15) is 12.8 Å². The van der Waals surface area contributed by atoms with Gasteiger partial charge in [0.15, 0.2) is 0 Å². The van der Waals surface area contributed by atoms with Gasteiger partial charge >= 0.3 is 0 Å². The van der Waals surface area contributed by atoms with E-state index in [1.807, 2.05) is 0 Å². The Labute approximate surface area is 106 Å². The second-order valence-electron chi connectivity index (χ2n) is 4.05. The number of benzene rings is 1. The van der Waals surface area contributed by atoms with Crippen LogP contribution in [-0.2, 0) is 16.4 Å². The van der Waals surface area contributed by atoms with Gasteiger partial charge in [-0.1, -0.05) is 12.1 Å². The molecule has 0 aromatic heterocycles. The molecule has 0 unspecified atom stereocenters. The molecule has 0 bridgehead atoms.